The van der Waals surface area contributed by atoms with E-state index in [0.29, 0.717) is 16.9 Å². The molecule has 0 atom stereocenters. The Morgan fingerprint density at radius 3 is 2.25 bits per heavy atom. The van der Waals surface area contributed by atoms with Gasteiger partial charge in [0.25, 0.3) is 0 Å². The van der Waals surface area contributed by atoms with Crippen molar-refractivity contribution in [1.29, 1.82) is 0 Å². The van der Waals surface area contributed by atoms with Gasteiger partial charge < -0.3 is 4.74 Å². The van der Waals surface area contributed by atoms with Crippen LogP contribution >= 0.6 is 0 Å². The molecule has 7 heteroatoms. The summed E-state index contributed by atoms with van der Waals surface area (Å²) < 4.78 is 46.5. The average Bonchev–Trinajstić information content (AvgIpc) is 3.00. The Balaban J connectivity index is 2.00. The van der Waals surface area contributed by atoms with Crippen LogP contribution in [0.25, 0.3) is 11.3 Å². The van der Waals surface area contributed by atoms with Crippen molar-refractivity contribution in [3.8, 4) is 17.0 Å². The number of halogens is 3. The van der Waals surface area contributed by atoms with Crippen LogP contribution in [0.2, 0.25) is 0 Å². The van der Waals surface area contributed by atoms with Crippen LogP contribution in [0.5, 0.6) is 5.75 Å². The summed E-state index contributed by atoms with van der Waals surface area (Å²) in [5.74, 6) is 0.637. The predicted molar refractivity (Wildman–Crippen MR) is 82.6 cm³/mol. The minimum Gasteiger partial charge on any atom is -0.497 e. The number of methoxy groups -OCH3 is 1. The molecule has 124 valence electrons. The Kier molecular flexibility index (Phi) is 4.24. The molecule has 0 saturated carbocycles. The summed E-state index contributed by atoms with van der Waals surface area (Å²) in [6, 6.07) is 15.0. The molecule has 3 rings (SSSR count). The monoisotopic (exact) mass is 333 g/mol. The van der Waals surface area contributed by atoms with Crippen LogP contribution in [-0.4, -0.2) is 22.1 Å². The molecule has 4 nitrogen and oxygen atoms in total. The van der Waals surface area contributed by atoms with Crippen LogP contribution in [0.1, 0.15) is 11.3 Å². The fourth-order valence-electron chi connectivity index (χ4n) is 2.40. The molecule has 1 aromatic heterocycles. The molecule has 0 aliphatic heterocycles. The zero-order valence-electron chi connectivity index (χ0n) is 12.8. The molecular weight excluding hydrogens is 319 g/mol. The lowest BCUT2D eigenvalue weighted by atomic mass is 10.1. The maximum absolute atomic E-state index is 13.5. The quantitative estimate of drug-likeness (QED) is 0.724. The normalized spacial score (nSPS) is 11.5. The third kappa shape index (κ3) is 3.24. The van der Waals surface area contributed by atoms with E-state index in [1.165, 1.54) is 7.11 Å². The Bertz CT molecular complexity index is 811. The van der Waals surface area contributed by atoms with Gasteiger partial charge in [-0.2, -0.15) is 13.2 Å². The second-order valence-electron chi connectivity index (χ2n) is 5.16. The number of nitrogens with zero attached hydrogens (tertiary/aromatic N) is 3. The Morgan fingerprint density at radius 2 is 1.67 bits per heavy atom. The molecule has 0 aliphatic rings. The maximum atomic E-state index is 13.5. The number of ether oxygens (including phenoxy) is 1. The summed E-state index contributed by atoms with van der Waals surface area (Å²) in [5, 5.41) is 7.46. The first-order valence-corrected chi connectivity index (χ1v) is 7.18. The topological polar surface area (TPSA) is 39.9 Å². The summed E-state index contributed by atoms with van der Waals surface area (Å²) in [5.41, 5.74) is 0.0257. The van der Waals surface area contributed by atoms with E-state index >= 15 is 0 Å². The van der Waals surface area contributed by atoms with E-state index in [-0.39, 0.29) is 12.2 Å². The number of benzene rings is 2. The number of hydrogen-bond acceptors (Lipinski definition) is 3. The van der Waals surface area contributed by atoms with Gasteiger partial charge in [0.2, 0.25) is 0 Å². The lowest BCUT2D eigenvalue weighted by molar-refractivity contribution is -0.143. The zero-order valence-corrected chi connectivity index (χ0v) is 12.8. The number of rotatable bonds is 4. The molecule has 0 unspecified atom stereocenters. The highest BCUT2D eigenvalue weighted by Crippen LogP contribution is 2.36. The summed E-state index contributed by atoms with van der Waals surface area (Å²) in [6.07, 6.45) is -4.55. The molecular formula is C17H14F3N3O. The van der Waals surface area contributed by atoms with Gasteiger partial charge in [-0.25, -0.2) is 4.68 Å². The van der Waals surface area contributed by atoms with E-state index in [9.17, 15) is 13.2 Å². The van der Waals surface area contributed by atoms with Gasteiger partial charge >= 0.3 is 6.18 Å². The molecule has 0 spiro atoms. The van der Waals surface area contributed by atoms with Crippen molar-refractivity contribution >= 4 is 0 Å². The summed E-state index contributed by atoms with van der Waals surface area (Å²) >= 11 is 0. The minimum absolute atomic E-state index is 0.0291. The Hall–Kier alpha value is -2.83. The molecule has 0 N–H and O–H groups in total. The van der Waals surface area contributed by atoms with Gasteiger partial charge in [-0.15, -0.1) is 5.10 Å². The fourth-order valence-corrected chi connectivity index (χ4v) is 2.40. The molecule has 2 aromatic carbocycles. The van der Waals surface area contributed by atoms with Crippen molar-refractivity contribution in [3.63, 3.8) is 0 Å². The van der Waals surface area contributed by atoms with Crippen LogP contribution in [0, 0.1) is 0 Å². The first kappa shape index (κ1) is 16.0. The van der Waals surface area contributed by atoms with Gasteiger partial charge in [0.1, 0.15) is 11.4 Å². The summed E-state index contributed by atoms with van der Waals surface area (Å²) in [4.78, 5) is 0. The van der Waals surface area contributed by atoms with Gasteiger partial charge in [0.05, 0.1) is 13.7 Å². The SMILES string of the molecule is COc1ccc(Cn2nnc(-c3ccccc3)c2C(F)(F)F)cc1. The van der Waals surface area contributed by atoms with Gasteiger partial charge in [-0.1, -0.05) is 47.7 Å². The van der Waals surface area contributed by atoms with E-state index < -0.39 is 11.9 Å². The zero-order chi connectivity index (χ0) is 17.2. The fraction of sp³-hybridized carbons (Fsp3) is 0.176. The van der Waals surface area contributed by atoms with E-state index in [4.69, 9.17) is 4.74 Å². The second-order valence-corrected chi connectivity index (χ2v) is 5.16. The first-order valence-electron chi connectivity index (χ1n) is 7.18. The molecule has 3 aromatic rings. The molecule has 0 radical (unpaired) electrons. The lowest BCUT2D eigenvalue weighted by Crippen LogP contribution is -2.16. The highest BCUT2D eigenvalue weighted by atomic mass is 19.4. The van der Waals surface area contributed by atoms with Crippen LogP contribution in [-0.2, 0) is 12.7 Å². The van der Waals surface area contributed by atoms with Crippen molar-refractivity contribution < 1.29 is 17.9 Å². The van der Waals surface area contributed by atoms with Crippen LogP contribution < -0.4 is 4.74 Å². The van der Waals surface area contributed by atoms with E-state index in [1.54, 1.807) is 54.6 Å². The van der Waals surface area contributed by atoms with Crippen molar-refractivity contribution in [2.45, 2.75) is 12.7 Å². The average molecular weight is 333 g/mol. The van der Waals surface area contributed by atoms with Crippen LogP contribution in [0.15, 0.2) is 54.6 Å². The van der Waals surface area contributed by atoms with Crippen molar-refractivity contribution in [2.24, 2.45) is 0 Å². The Morgan fingerprint density at radius 1 is 1.00 bits per heavy atom. The molecule has 0 aliphatic carbocycles. The predicted octanol–water partition coefficient (Wildman–Crippen LogP) is 4.02. The van der Waals surface area contributed by atoms with Crippen molar-refractivity contribution in [1.82, 2.24) is 15.0 Å². The standard InChI is InChI=1S/C17H14F3N3O/c1-24-14-9-7-12(8-10-14)11-23-16(17(18,19)20)15(21-22-23)13-5-3-2-4-6-13/h2-10H,11H2,1H3. The third-order valence-electron chi connectivity index (χ3n) is 3.54. The highest BCUT2D eigenvalue weighted by Gasteiger charge is 2.39. The van der Waals surface area contributed by atoms with Gasteiger partial charge in [0, 0.05) is 5.56 Å². The van der Waals surface area contributed by atoms with Crippen molar-refractivity contribution in [2.75, 3.05) is 7.11 Å². The molecule has 0 saturated heterocycles. The molecule has 1 heterocycles. The largest absolute Gasteiger partial charge is 0.497 e. The molecule has 0 bridgehead atoms. The molecule has 0 fully saturated rings. The molecule has 0 amide bonds. The molecule has 24 heavy (non-hydrogen) atoms. The van der Waals surface area contributed by atoms with E-state index in [1.807, 2.05) is 0 Å². The van der Waals surface area contributed by atoms with E-state index in [2.05, 4.69) is 10.3 Å². The number of aromatic nitrogens is 3. The number of hydrogen-bond donors (Lipinski definition) is 0. The van der Waals surface area contributed by atoms with Crippen molar-refractivity contribution in [3.05, 3.63) is 65.9 Å². The third-order valence-corrected chi connectivity index (χ3v) is 3.54. The summed E-state index contributed by atoms with van der Waals surface area (Å²) in [7, 11) is 1.53. The van der Waals surface area contributed by atoms with E-state index in [0.717, 1.165) is 4.68 Å². The van der Waals surface area contributed by atoms with Gasteiger partial charge in [-0.05, 0) is 17.7 Å². The van der Waals surface area contributed by atoms with Gasteiger partial charge in [-0.3, -0.25) is 0 Å². The second kappa shape index (κ2) is 6.35. The summed E-state index contributed by atoms with van der Waals surface area (Å²) in [6.45, 7) is -0.0291. The minimum atomic E-state index is -4.55. The van der Waals surface area contributed by atoms with Gasteiger partial charge in [0.15, 0.2) is 5.69 Å². The highest BCUT2D eigenvalue weighted by molar-refractivity contribution is 5.61. The Labute approximate surface area is 136 Å². The smallest absolute Gasteiger partial charge is 0.435 e. The lowest BCUT2D eigenvalue weighted by Gasteiger charge is -2.11. The van der Waals surface area contributed by atoms with Crippen LogP contribution in [0.3, 0.4) is 0 Å². The number of alkyl halides is 3. The maximum Gasteiger partial charge on any atom is 0.435 e. The first-order chi connectivity index (χ1) is 11.5. The van der Waals surface area contributed by atoms with Crippen LogP contribution in [0.4, 0.5) is 13.2 Å².